The number of allylic oxidation sites excluding steroid dienone is 3. The molecule has 1 saturated heterocycles. The normalized spacial score (nSPS) is 44.9. The Morgan fingerprint density at radius 1 is 1.16 bits per heavy atom. The van der Waals surface area contributed by atoms with Crippen molar-refractivity contribution >= 4 is 17.7 Å². The third-order valence-corrected chi connectivity index (χ3v) is 11.4. The Morgan fingerprint density at radius 3 is 2.45 bits per heavy atom. The van der Waals surface area contributed by atoms with Gasteiger partial charge >= 0.3 is 11.9 Å². The molecule has 10 nitrogen and oxygen atoms in total. The number of Topliss-reactive ketones (excluding diaryl/α,β-unsaturated/α-hetero) is 1. The highest BCUT2D eigenvalue weighted by Crippen LogP contribution is 2.79. The predicted molar refractivity (Wildman–Crippen MR) is 159 cm³/mol. The second kappa shape index (κ2) is 10.9. The van der Waals surface area contributed by atoms with E-state index in [1.165, 1.54) is 19.1 Å². The minimum atomic E-state index is -2.50. The van der Waals surface area contributed by atoms with Gasteiger partial charge in [-0.3, -0.25) is 9.59 Å². The number of rotatable bonds is 10. The number of ether oxygens (including phenoxy) is 3. The summed E-state index contributed by atoms with van der Waals surface area (Å²) >= 11 is 0. The SMILES string of the molecule is CCCCC/C=C/C=C\C(=O)OC1[C@@H](C)C2(O)[C@@H]3C=C(C)C(=O)C3(O)C(O)C3(CO)OC3[C@H]2[C@H]2C(C)(C)C12OC(=O)C(C)C. The molecule has 0 amide bonds. The third kappa shape index (κ3) is 4.20. The summed E-state index contributed by atoms with van der Waals surface area (Å²) in [5.74, 6) is -6.37. The average molecular weight is 617 g/mol. The molecular weight excluding hydrogens is 568 g/mol. The monoisotopic (exact) mass is 616 g/mol. The number of carbonyl (C=O) groups excluding carboxylic acids is 3. The van der Waals surface area contributed by atoms with Gasteiger partial charge in [0, 0.05) is 35.2 Å². The summed E-state index contributed by atoms with van der Waals surface area (Å²) in [5.41, 5.74) is -8.27. The highest BCUT2D eigenvalue weighted by atomic mass is 16.6. The number of aliphatic hydroxyl groups excluding tert-OH is 2. The zero-order valence-electron chi connectivity index (χ0n) is 26.8. The van der Waals surface area contributed by atoms with Crippen molar-refractivity contribution in [2.75, 3.05) is 6.61 Å². The maximum absolute atomic E-state index is 13.5. The number of unbranched alkanes of at least 4 members (excludes halogenated alkanes) is 3. The first-order valence-corrected chi connectivity index (χ1v) is 16.0. The van der Waals surface area contributed by atoms with Crippen LogP contribution < -0.4 is 0 Å². The Bertz CT molecular complexity index is 1300. The van der Waals surface area contributed by atoms with Gasteiger partial charge in [0.15, 0.2) is 17.0 Å². The number of hydrogen-bond acceptors (Lipinski definition) is 10. The van der Waals surface area contributed by atoms with E-state index in [2.05, 4.69) is 6.92 Å². The molecule has 1 aliphatic heterocycles. The van der Waals surface area contributed by atoms with Crippen LogP contribution in [0.3, 0.4) is 0 Å². The van der Waals surface area contributed by atoms with Crippen LogP contribution in [0.1, 0.15) is 74.1 Å². The van der Waals surface area contributed by atoms with Crippen LogP contribution >= 0.6 is 0 Å². The van der Waals surface area contributed by atoms with Gasteiger partial charge < -0.3 is 34.6 Å². The van der Waals surface area contributed by atoms with Gasteiger partial charge in [0.25, 0.3) is 0 Å². The number of hydrogen-bond donors (Lipinski definition) is 4. The first-order chi connectivity index (χ1) is 20.5. The molecule has 244 valence electrons. The van der Waals surface area contributed by atoms with Crippen LogP contribution in [0.4, 0.5) is 0 Å². The van der Waals surface area contributed by atoms with Gasteiger partial charge in [0.05, 0.1) is 24.2 Å². The summed E-state index contributed by atoms with van der Waals surface area (Å²) in [6.45, 7) is 11.7. The van der Waals surface area contributed by atoms with E-state index >= 15 is 0 Å². The van der Waals surface area contributed by atoms with Crippen LogP contribution in [0.15, 0.2) is 36.0 Å². The lowest BCUT2D eigenvalue weighted by atomic mass is 9.58. The van der Waals surface area contributed by atoms with Gasteiger partial charge in [-0.05, 0) is 25.3 Å². The summed E-state index contributed by atoms with van der Waals surface area (Å²) in [7, 11) is 0. The van der Waals surface area contributed by atoms with E-state index in [4.69, 9.17) is 14.2 Å². The quantitative estimate of drug-likeness (QED) is 0.0943. The van der Waals surface area contributed by atoms with Crippen LogP contribution in [0.2, 0.25) is 0 Å². The topological polar surface area (TPSA) is 163 Å². The molecule has 44 heavy (non-hydrogen) atoms. The molecule has 7 unspecified atom stereocenters. The van der Waals surface area contributed by atoms with Crippen LogP contribution in [-0.2, 0) is 28.6 Å². The van der Waals surface area contributed by atoms with E-state index in [9.17, 15) is 34.8 Å². The summed E-state index contributed by atoms with van der Waals surface area (Å²) in [4.78, 5) is 40.0. The van der Waals surface area contributed by atoms with Crippen molar-refractivity contribution in [3.05, 3.63) is 36.0 Å². The predicted octanol–water partition coefficient (Wildman–Crippen LogP) is 2.56. The maximum atomic E-state index is 13.5. The van der Waals surface area contributed by atoms with E-state index in [1.54, 1.807) is 32.9 Å². The fraction of sp³-hybridized carbons (Fsp3) is 0.735. The minimum absolute atomic E-state index is 0.156. The van der Waals surface area contributed by atoms with Crippen LogP contribution in [0, 0.1) is 35.0 Å². The average Bonchev–Trinajstić information content (AvgIpc) is 3.80. The molecule has 0 radical (unpaired) electrons. The van der Waals surface area contributed by atoms with Crippen LogP contribution in [0.25, 0.3) is 0 Å². The molecule has 0 bridgehead atoms. The minimum Gasteiger partial charge on any atom is -0.455 e. The van der Waals surface area contributed by atoms with Crippen molar-refractivity contribution < 1.29 is 49.0 Å². The summed E-state index contributed by atoms with van der Waals surface area (Å²) in [6, 6.07) is 0. The lowest BCUT2D eigenvalue weighted by molar-refractivity contribution is -0.244. The van der Waals surface area contributed by atoms with Gasteiger partial charge in [-0.2, -0.15) is 0 Å². The summed E-state index contributed by atoms with van der Waals surface area (Å²) in [6.07, 6.45) is 8.22. The van der Waals surface area contributed by atoms with E-state index in [0.29, 0.717) is 0 Å². The van der Waals surface area contributed by atoms with Gasteiger partial charge in [-0.1, -0.05) is 78.7 Å². The molecule has 0 aromatic rings. The van der Waals surface area contributed by atoms with E-state index in [-0.39, 0.29) is 5.57 Å². The Balaban J connectivity index is 1.59. The fourth-order valence-corrected chi connectivity index (χ4v) is 8.94. The molecule has 3 saturated carbocycles. The first-order valence-electron chi connectivity index (χ1n) is 16.0. The van der Waals surface area contributed by atoms with Crippen LogP contribution in [-0.4, -0.2) is 85.5 Å². The van der Waals surface area contributed by atoms with E-state index in [0.717, 1.165) is 25.7 Å². The van der Waals surface area contributed by atoms with Crippen molar-refractivity contribution in [2.24, 2.45) is 35.0 Å². The molecule has 5 aliphatic rings. The highest BCUT2D eigenvalue weighted by Gasteiger charge is 2.93. The standard InChI is InChI=1S/C34H48O10/c1-8-9-10-11-12-13-14-15-22(36)42-26-20(5)32(40)21-16-19(4)25(37)33(21,41)29(39)31(17-35)27(43-31)23(32)24-30(6,7)34(24,26)44-28(38)18(2)3/h12-16,18,20-21,23-24,26-27,29,35,39-41H,8-11,17H2,1-7H3/b13-12+,15-14-/t20-,21+,23-,24+,26?,27?,29?,31?,32?,33?,34?/m1/s1. The van der Waals surface area contributed by atoms with Gasteiger partial charge in [0.1, 0.15) is 17.8 Å². The number of esters is 2. The Labute approximate surface area is 259 Å². The second-order valence-electron chi connectivity index (χ2n) is 14.4. The lowest BCUT2D eigenvalue weighted by Crippen LogP contribution is -2.69. The molecular formula is C34H48O10. The number of aliphatic hydroxyl groups is 4. The fourth-order valence-electron chi connectivity index (χ4n) is 8.94. The van der Waals surface area contributed by atoms with E-state index < -0.39 is 100 Å². The Morgan fingerprint density at radius 2 is 1.84 bits per heavy atom. The molecule has 1 heterocycles. The highest BCUT2D eigenvalue weighted by molar-refractivity contribution is 6.05. The first kappa shape index (κ1) is 33.0. The third-order valence-electron chi connectivity index (χ3n) is 11.4. The smallest absolute Gasteiger partial charge is 0.331 e. The summed E-state index contributed by atoms with van der Waals surface area (Å²) in [5, 5.41) is 47.0. The Kier molecular flexibility index (Phi) is 8.15. The molecule has 0 aromatic carbocycles. The van der Waals surface area contributed by atoms with Gasteiger partial charge in [-0.15, -0.1) is 0 Å². The number of fused-ring (bicyclic) bond motifs is 7. The maximum Gasteiger partial charge on any atom is 0.331 e. The lowest BCUT2D eigenvalue weighted by Gasteiger charge is -2.53. The molecule has 5 rings (SSSR count). The van der Waals surface area contributed by atoms with Crippen LogP contribution in [0.5, 0.6) is 0 Å². The molecule has 0 aromatic heterocycles. The molecule has 4 fully saturated rings. The summed E-state index contributed by atoms with van der Waals surface area (Å²) < 4.78 is 18.4. The zero-order valence-corrected chi connectivity index (χ0v) is 26.8. The molecule has 4 N–H and O–H groups in total. The Hall–Kier alpha value is -2.37. The zero-order chi connectivity index (χ0) is 32.6. The van der Waals surface area contributed by atoms with E-state index in [1.807, 2.05) is 19.9 Å². The van der Waals surface area contributed by atoms with Crippen molar-refractivity contribution in [2.45, 2.75) is 115 Å². The van der Waals surface area contributed by atoms with Crippen molar-refractivity contribution in [1.82, 2.24) is 0 Å². The number of carbonyl (C=O) groups is 3. The van der Waals surface area contributed by atoms with Gasteiger partial charge in [-0.25, -0.2) is 4.79 Å². The van der Waals surface area contributed by atoms with Crippen molar-refractivity contribution in [3.63, 3.8) is 0 Å². The molecule has 10 heteroatoms. The van der Waals surface area contributed by atoms with Crippen molar-refractivity contribution in [1.29, 1.82) is 0 Å². The largest absolute Gasteiger partial charge is 0.455 e. The second-order valence-corrected chi connectivity index (χ2v) is 14.4. The van der Waals surface area contributed by atoms with Gasteiger partial charge in [0.2, 0.25) is 0 Å². The number of epoxide rings is 1. The molecule has 11 atom stereocenters. The molecule has 4 aliphatic carbocycles. The van der Waals surface area contributed by atoms with Crippen molar-refractivity contribution in [3.8, 4) is 0 Å². The number of ketones is 1. The molecule has 0 spiro atoms.